The highest BCUT2D eigenvalue weighted by Gasteiger charge is 2.31. The van der Waals surface area contributed by atoms with Crippen LogP contribution in [0.1, 0.15) is 11.2 Å². The molecule has 0 radical (unpaired) electrons. The van der Waals surface area contributed by atoms with E-state index < -0.39 is 8.07 Å². The predicted octanol–water partition coefficient (Wildman–Crippen LogP) is 2.84. The number of nitrogens with two attached hydrogens (primary N) is 1. The average molecular weight is 241 g/mol. The molecule has 2 aromatic rings. The van der Waals surface area contributed by atoms with Crippen LogP contribution in [0.15, 0.2) is 60.7 Å². The molecule has 2 aromatic carbocycles. The fraction of sp³-hybridized carbons (Fsp3) is 0.200. The Balaban J connectivity index is 2.33. The Bertz CT molecular complexity index is 465. The molecule has 0 fully saturated rings. The highest BCUT2D eigenvalue weighted by molar-refractivity contribution is 6.90. The van der Waals surface area contributed by atoms with E-state index in [9.17, 15) is 0 Å². The monoisotopic (exact) mass is 241 g/mol. The molecule has 0 saturated carbocycles. The molecule has 2 heteroatoms. The summed E-state index contributed by atoms with van der Waals surface area (Å²) in [5.74, 6) is 0. The van der Waals surface area contributed by atoms with Crippen molar-refractivity contribution in [3.05, 3.63) is 66.2 Å². The molecule has 2 N–H and O–H groups in total. The van der Waals surface area contributed by atoms with Gasteiger partial charge in [0.1, 0.15) is 8.07 Å². The summed E-state index contributed by atoms with van der Waals surface area (Å²) in [6.45, 7) is 4.67. The van der Waals surface area contributed by atoms with Crippen molar-refractivity contribution in [2.45, 2.75) is 18.8 Å². The van der Waals surface area contributed by atoms with Crippen molar-refractivity contribution in [1.82, 2.24) is 0 Å². The first kappa shape index (κ1) is 12.1. The second-order valence-corrected chi connectivity index (χ2v) is 9.62. The third-order valence-electron chi connectivity index (χ3n) is 3.45. The molecule has 0 saturated heterocycles. The Morgan fingerprint density at radius 3 is 1.82 bits per heavy atom. The summed E-state index contributed by atoms with van der Waals surface area (Å²) >= 11 is 0. The molecule has 17 heavy (non-hydrogen) atoms. The van der Waals surface area contributed by atoms with Gasteiger partial charge in [0.2, 0.25) is 0 Å². The summed E-state index contributed by atoms with van der Waals surface area (Å²) in [4.78, 5) is 0. The van der Waals surface area contributed by atoms with Crippen molar-refractivity contribution < 1.29 is 0 Å². The maximum absolute atomic E-state index is 6.47. The van der Waals surface area contributed by atoms with Crippen molar-refractivity contribution in [1.29, 1.82) is 0 Å². The van der Waals surface area contributed by atoms with Gasteiger partial charge in [0, 0.05) is 5.67 Å². The van der Waals surface area contributed by atoms with Gasteiger partial charge >= 0.3 is 0 Å². The van der Waals surface area contributed by atoms with E-state index in [4.69, 9.17) is 5.73 Å². The second kappa shape index (κ2) is 4.86. The van der Waals surface area contributed by atoms with Crippen LogP contribution in [-0.2, 0) is 0 Å². The van der Waals surface area contributed by atoms with Gasteiger partial charge in [-0.1, -0.05) is 78.9 Å². The molecule has 0 amide bonds. The van der Waals surface area contributed by atoms with Gasteiger partial charge in [-0.25, -0.2) is 0 Å². The Morgan fingerprint density at radius 1 is 0.824 bits per heavy atom. The topological polar surface area (TPSA) is 26.0 Å². The molecule has 0 aliphatic rings. The van der Waals surface area contributed by atoms with Crippen molar-refractivity contribution in [2.75, 3.05) is 0 Å². The lowest BCUT2D eigenvalue weighted by atomic mass is 10.2. The van der Waals surface area contributed by atoms with E-state index in [0.717, 1.165) is 0 Å². The van der Waals surface area contributed by atoms with Crippen LogP contribution >= 0.6 is 0 Å². The fourth-order valence-corrected chi connectivity index (χ4v) is 4.56. The minimum Gasteiger partial charge on any atom is -0.326 e. The van der Waals surface area contributed by atoms with Gasteiger partial charge in [0.15, 0.2) is 0 Å². The van der Waals surface area contributed by atoms with Gasteiger partial charge < -0.3 is 5.73 Å². The number of rotatable bonds is 3. The van der Waals surface area contributed by atoms with Crippen LogP contribution in [0.25, 0.3) is 0 Å². The smallest absolute Gasteiger partial charge is 0.104 e. The molecular formula is C15H19NSi. The van der Waals surface area contributed by atoms with Crippen molar-refractivity contribution in [3.63, 3.8) is 0 Å². The van der Waals surface area contributed by atoms with Gasteiger partial charge in [-0.2, -0.15) is 0 Å². The van der Waals surface area contributed by atoms with Crippen LogP contribution in [0.4, 0.5) is 0 Å². The third kappa shape index (κ3) is 2.48. The summed E-state index contributed by atoms with van der Waals surface area (Å²) in [7, 11) is -1.65. The van der Waals surface area contributed by atoms with E-state index in [1.165, 1.54) is 10.8 Å². The SMILES string of the molecule is C[Si](C)(c1ccccc1)C(N)c1ccccc1. The van der Waals surface area contributed by atoms with E-state index in [1.807, 2.05) is 6.07 Å². The Morgan fingerprint density at radius 2 is 1.29 bits per heavy atom. The van der Waals surface area contributed by atoms with E-state index in [2.05, 4.69) is 67.7 Å². The molecule has 0 spiro atoms. The van der Waals surface area contributed by atoms with Gasteiger partial charge in [-0.15, -0.1) is 0 Å². The quantitative estimate of drug-likeness (QED) is 0.822. The number of hydrogen-bond acceptors (Lipinski definition) is 1. The summed E-state index contributed by atoms with van der Waals surface area (Å²) in [5.41, 5.74) is 7.85. The predicted molar refractivity (Wildman–Crippen MR) is 76.9 cm³/mol. The first-order valence-electron chi connectivity index (χ1n) is 5.98. The van der Waals surface area contributed by atoms with E-state index in [-0.39, 0.29) is 5.67 Å². The summed E-state index contributed by atoms with van der Waals surface area (Å²) in [6, 6.07) is 21.1. The Labute approximate surface area is 104 Å². The van der Waals surface area contributed by atoms with Gasteiger partial charge in [-0.05, 0) is 5.56 Å². The molecule has 0 heterocycles. The lowest BCUT2D eigenvalue weighted by Gasteiger charge is -2.30. The zero-order valence-electron chi connectivity index (χ0n) is 10.4. The number of hydrogen-bond donors (Lipinski definition) is 1. The first-order chi connectivity index (χ1) is 8.12. The third-order valence-corrected chi connectivity index (χ3v) is 7.16. The number of benzene rings is 2. The summed E-state index contributed by atoms with van der Waals surface area (Å²) < 4.78 is 0. The van der Waals surface area contributed by atoms with Gasteiger partial charge in [0.05, 0.1) is 0 Å². The lowest BCUT2D eigenvalue weighted by Crippen LogP contribution is -2.51. The normalized spacial score (nSPS) is 13.4. The molecule has 0 bridgehead atoms. The van der Waals surface area contributed by atoms with E-state index in [0.29, 0.717) is 0 Å². The van der Waals surface area contributed by atoms with Crippen molar-refractivity contribution in [2.24, 2.45) is 5.73 Å². The van der Waals surface area contributed by atoms with Crippen LogP contribution in [0, 0.1) is 0 Å². The van der Waals surface area contributed by atoms with Crippen LogP contribution in [0.5, 0.6) is 0 Å². The molecule has 1 unspecified atom stereocenters. The minimum absolute atomic E-state index is 0.145. The zero-order chi connectivity index (χ0) is 12.3. The van der Waals surface area contributed by atoms with Crippen LogP contribution < -0.4 is 10.9 Å². The molecule has 0 aliphatic heterocycles. The van der Waals surface area contributed by atoms with Gasteiger partial charge in [-0.3, -0.25) is 0 Å². The molecule has 2 rings (SSSR count). The Kier molecular flexibility index (Phi) is 3.45. The standard InChI is InChI=1S/C15H19NSi/c1-17(2,14-11-7-4-8-12-14)15(16)13-9-5-3-6-10-13/h3-12,15H,16H2,1-2H3. The molecule has 0 aromatic heterocycles. The average Bonchev–Trinajstić information content (AvgIpc) is 2.40. The molecule has 1 atom stereocenters. The fourth-order valence-electron chi connectivity index (χ4n) is 2.12. The molecule has 88 valence electrons. The Hall–Kier alpha value is -1.38. The highest BCUT2D eigenvalue weighted by Crippen LogP contribution is 2.21. The largest absolute Gasteiger partial charge is 0.326 e. The molecule has 1 nitrogen and oxygen atoms in total. The minimum atomic E-state index is -1.65. The van der Waals surface area contributed by atoms with Crippen LogP contribution in [0.3, 0.4) is 0 Å². The van der Waals surface area contributed by atoms with Crippen molar-refractivity contribution >= 4 is 13.3 Å². The van der Waals surface area contributed by atoms with Gasteiger partial charge in [0.25, 0.3) is 0 Å². The van der Waals surface area contributed by atoms with Crippen molar-refractivity contribution in [3.8, 4) is 0 Å². The van der Waals surface area contributed by atoms with E-state index >= 15 is 0 Å². The summed E-state index contributed by atoms with van der Waals surface area (Å²) in [5, 5.41) is 1.41. The molecule has 0 aliphatic carbocycles. The van der Waals surface area contributed by atoms with E-state index in [1.54, 1.807) is 0 Å². The lowest BCUT2D eigenvalue weighted by molar-refractivity contribution is 0.968. The maximum Gasteiger partial charge on any atom is 0.104 e. The zero-order valence-corrected chi connectivity index (χ0v) is 11.4. The molecular weight excluding hydrogens is 222 g/mol. The second-order valence-electron chi connectivity index (χ2n) is 4.98. The van der Waals surface area contributed by atoms with Crippen LogP contribution in [-0.4, -0.2) is 8.07 Å². The highest BCUT2D eigenvalue weighted by atomic mass is 28.3. The first-order valence-corrected chi connectivity index (χ1v) is 9.06. The summed E-state index contributed by atoms with van der Waals surface area (Å²) in [6.07, 6.45) is 0. The van der Waals surface area contributed by atoms with Crippen LogP contribution in [0.2, 0.25) is 13.1 Å². The maximum atomic E-state index is 6.47.